The summed E-state index contributed by atoms with van der Waals surface area (Å²) < 4.78 is 0. The number of rotatable bonds is 4. The molecule has 1 atom stereocenters. The third-order valence-corrected chi connectivity index (χ3v) is 3.43. The lowest BCUT2D eigenvalue weighted by molar-refractivity contribution is 0.0699. The number of hydrogen-bond donors (Lipinski definition) is 1. The minimum Gasteiger partial charge on any atom is -0.384 e. The van der Waals surface area contributed by atoms with E-state index in [1.54, 1.807) is 0 Å². The predicted molar refractivity (Wildman–Crippen MR) is 81.6 cm³/mol. The number of hydrogen-bond acceptors (Lipinski definition) is 2. The zero-order valence-electron chi connectivity index (χ0n) is 12.7. The van der Waals surface area contributed by atoms with Crippen molar-refractivity contribution in [2.45, 2.75) is 40.2 Å². The molecule has 0 saturated heterocycles. The van der Waals surface area contributed by atoms with Gasteiger partial charge in [0.25, 0.3) is 5.91 Å². The Labute approximate surface area is 121 Å². The van der Waals surface area contributed by atoms with E-state index in [0.29, 0.717) is 17.7 Å². The fraction of sp³-hybridized carbons (Fsp3) is 0.471. The van der Waals surface area contributed by atoms with Crippen LogP contribution in [-0.2, 0) is 0 Å². The summed E-state index contributed by atoms with van der Waals surface area (Å²) in [6, 6.07) is 5.84. The van der Waals surface area contributed by atoms with Crippen LogP contribution in [-0.4, -0.2) is 35.1 Å². The first-order valence-electron chi connectivity index (χ1n) is 7.06. The van der Waals surface area contributed by atoms with Crippen molar-refractivity contribution in [2.75, 3.05) is 13.2 Å². The molecule has 20 heavy (non-hydrogen) atoms. The van der Waals surface area contributed by atoms with Crippen molar-refractivity contribution in [2.24, 2.45) is 0 Å². The molecule has 0 aromatic heterocycles. The van der Waals surface area contributed by atoms with Gasteiger partial charge in [0, 0.05) is 18.2 Å². The molecule has 1 aromatic rings. The van der Waals surface area contributed by atoms with Crippen molar-refractivity contribution in [1.82, 2.24) is 4.90 Å². The van der Waals surface area contributed by atoms with Gasteiger partial charge in [0.1, 0.15) is 6.61 Å². The molecule has 0 bridgehead atoms. The van der Waals surface area contributed by atoms with E-state index in [9.17, 15) is 4.79 Å². The molecule has 108 valence electrons. The van der Waals surface area contributed by atoms with Gasteiger partial charge in [-0.3, -0.25) is 4.79 Å². The summed E-state index contributed by atoms with van der Waals surface area (Å²) in [4.78, 5) is 14.6. The SMILES string of the molecule is CCC(C)N(CC)C(=O)c1cc(C)ccc1C#CCO. The maximum atomic E-state index is 12.7. The number of amides is 1. The maximum Gasteiger partial charge on any atom is 0.255 e. The van der Waals surface area contributed by atoms with E-state index in [2.05, 4.69) is 25.7 Å². The second kappa shape index (κ2) is 7.72. The number of aryl methyl sites for hydroxylation is 1. The summed E-state index contributed by atoms with van der Waals surface area (Å²) >= 11 is 0. The Morgan fingerprint density at radius 3 is 2.65 bits per heavy atom. The molecule has 0 saturated carbocycles. The molecule has 1 amide bonds. The molecule has 0 spiro atoms. The molecule has 0 heterocycles. The van der Waals surface area contributed by atoms with Gasteiger partial charge >= 0.3 is 0 Å². The van der Waals surface area contributed by atoms with Gasteiger partial charge in [0.05, 0.1) is 5.56 Å². The standard InChI is InChI=1S/C17H23NO2/c1-5-14(4)18(6-2)17(20)16-12-13(3)9-10-15(16)8-7-11-19/h9-10,12,14,19H,5-6,11H2,1-4H3. The van der Waals surface area contributed by atoms with Crippen LogP contribution >= 0.6 is 0 Å². The molecule has 3 heteroatoms. The summed E-state index contributed by atoms with van der Waals surface area (Å²) in [7, 11) is 0. The topological polar surface area (TPSA) is 40.5 Å². The van der Waals surface area contributed by atoms with Crippen LogP contribution in [0.4, 0.5) is 0 Å². The van der Waals surface area contributed by atoms with Gasteiger partial charge in [-0.05, 0) is 39.3 Å². The zero-order valence-corrected chi connectivity index (χ0v) is 12.7. The summed E-state index contributed by atoms with van der Waals surface area (Å²) in [5.41, 5.74) is 2.33. The van der Waals surface area contributed by atoms with Crippen molar-refractivity contribution < 1.29 is 9.90 Å². The highest BCUT2D eigenvalue weighted by Crippen LogP contribution is 2.16. The Balaban J connectivity index is 3.22. The van der Waals surface area contributed by atoms with Crippen LogP contribution in [0.15, 0.2) is 18.2 Å². The predicted octanol–water partition coefficient (Wildman–Crippen LogP) is 2.60. The van der Waals surface area contributed by atoms with Crippen LogP contribution < -0.4 is 0 Å². The highest BCUT2D eigenvalue weighted by Gasteiger charge is 2.20. The van der Waals surface area contributed by atoms with Crippen LogP contribution in [0.5, 0.6) is 0 Å². The molecule has 1 rings (SSSR count). The Hall–Kier alpha value is -1.79. The number of aliphatic hydroxyl groups is 1. The Bertz CT molecular complexity index is 526. The fourth-order valence-corrected chi connectivity index (χ4v) is 2.11. The zero-order chi connectivity index (χ0) is 15.1. The Kier molecular flexibility index (Phi) is 6.27. The number of nitrogens with zero attached hydrogens (tertiary/aromatic N) is 1. The van der Waals surface area contributed by atoms with Crippen LogP contribution in [0.1, 0.15) is 48.7 Å². The van der Waals surface area contributed by atoms with Crippen molar-refractivity contribution in [3.05, 3.63) is 34.9 Å². The first-order chi connectivity index (χ1) is 9.54. The van der Waals surface area contributed by atoms with Crippen molar-refractivity contribution in [3.8, 4) is 11.8 Å². The highest BCUT2D eigenvalue weighted by molar-refractivity contribution is 5.97. The number of benzene rings is 1. The van der Waals surface area contributed by atoms with Gasteiger partial charge < -0.3 is 10.0 Å². The highest BCUT2D eigenvalue weighted by atomic mass is 16.2. The van der Waals surface area contributed by atoms with Crippen molar-refractivity contribution >= 4 is 5.91 Å². The molecule has 0 aliphatic rings. The summed E-state index contributed by atoms with van der Waals surface area (Å²) in [6.07, 6.45) is 0.920. The van der Waals surface area contributed by atoms with Gasteiger partial charge in [-0.1, -0.05) is 30.4 Å². The van der Waals surface area contributed by atoms with Gasteiger partial charge in [0.15, 0.2) is 0 Å². The normalized spacial score (nSPS) is 11.4. The monoisotopic (exact) mass is 273 g/mol. The lowest BCUT2D eigenvalue weighted by Gasteiger charge is -2.27. The smallest absolute Gasteiger partial charge is 0.255 e. The van der Waals surface area contributed by atoms with Crippen molar-refractivity contribution in [1.29, 1.82) is 0 Å². The van der Waals surface area contributed by atoms with E-state index in [-0.39, 0.29) is 18.6 Å². The van der Waals surface area contributed by atoms with Crippen molar-refractivity contribution in [3.63, 3.8) is 0 Å². The van der Waals surface area contributed by atoms with Crippen LogP contribution in [0.2, 0.25) is 0 Å². The van der Waals surface area contributed by atoms with Crippen LogP contribution in [0.3, 0.4) is 0 Å². The molecule has 0 aliphatic heterocycles. The van der Waals surface area contributed by atoms with E-state index >= 15 is 0 Å². The van der Waals surface area contributed by atoms with Gasteiger partial charge in [-0.2, -0.15) is 0 Å². The minimum absolute atomic E-state index is 0.00721. The Morgan fingerprint density at radius 2 is 2.10 bits per heavy atom. The largest absolute Gasteiger partial charge is 0.384 e. The molecule has 1 unspecified atom stereocenters. The maximum absolute atomic E-state index is 12.7. The number of carbonyl (C=O) groups excluding carboxylic acids is 1. The number of carbonyl (C=O) groups is 1. The molecule has 1 aromatic carbocycles. The van der Waals surface area contributed by atoms with Crippen LogP contribution in [0.25, 0.3) is 0 Å². The van der Waals surface area contributed by atoms with Gasteiger partial charge in [-0.15, -0.1) is 0 Å². The van der Waals surface area contributed by atoms with Crippen LogP contribution in [0, 0.1) is 18.8 Å². The van der Waals surface area contributed by atoms with E-state index < -0.39 is 0 Å². The average Bonchev–Trinajstić information content (AvgIpc) is 2.46. The van der Waals surface area contributed by atoms with Gasteiger partial charge in [0.2, 0.25) is 0 Å². The average molecular weight is 273 g/mol. The first-order valence-corrected chi connectivity index (χ1v) is 7.06. The third-order valence-electron chi connectivity index (χ3n) is 3.43. The summed E-state index contributed by atoms with van der Waals surface area (Å²) in [5.74, 6) is 5.48. The Morgan fingerprint density at radius 1 is 1.40 bits per heavy atom. The van der Waals surface area contributed by atoms with E-state index in [1.807, 2.05) is 36.9 Å². The fourth-order valence-electron chi connectivity index (χ4n) is 2.11. The molecule has 0 radical (unpaired) electrons. The summed E-state index contributed by atoms with van der Waals surface area (Å²) in [5, 5.41) is 8.82. The second-order valence-electron chi connectivity index (χ2n) is 4.86. The molecule has 1 N–H and O–H groups in total. The third kappa shape index (κ3) is 3.85. The van der Waals surface area contributed by atoms with Gasteiger partial charge in [-0.25, -0.2) is 0 Å². The molecular weight excluding hydrogens is 250 g/mol. The van der Waals surface area contributed by atoms with E-state index in [0.717, 1.165) is 12.0 Å². The first kappa shape index (κ1) is 16.3. The number of aliphatic hydroxyl groups excluding tert-OH is 1. The summed E-state index contributed by atoms with van der Waals surface area (Å²) in [6.45, 7) is 8.54. The van der Waals surface area contributed by atoms with E-state index in [4.69, 9.17) is 5.11 Å². The lowest BCUT2D eigenvalue weighted by Crippen LogP contribution is -2.38. The molecule has 3 nitrogen and oxygen atoms in total. The molecule has 0 fully saturated rings. The molecule has 0 aliphatic carbocycles. The van der Waals surface area contributed by atoms with E-state index in [1.165, 1.54) is 0 Å². The molecular formula is C17H23NO2. The minimum atomic E-state index is -0.204. The second-order valence-corrected chi connectivity index (χ2v) is 4.86. The quantitative estimate of drug-likeness (QED) is 0.857. The lowest BCUT2D eigenvalue weighted by atomic mass is 10.0.